The third-order valence-electron chi connectivity index (χ3n) is 4.96. The third kappa shape index (κ3) is 3.19. The van der Waals surface area contributed by atoms with Crippen LogP contribution in [0, 0.1) is 0 Å². The Balaban J connectivity index is 1.31. The highest BCUT2D eigenvalue weighted by molar-refractivity contribution is 5.77. The zero-order valence-corrected chi connectivity index (χ0v) is 13.9. The molecule has 2 aliphatic heterocycles. The van der Waals surface area contributed by atoms with E-state index in [2.05, 4.69) is 49.2 Å². The van der Waals surface area contributed by atoms with Gasteiger partial charge in [0.1, 0.15) is 5.82 Å². The average Bonchev–Trinajstić information content (AvgIpc) is 3.03. The number of amides is 1. The van der Waals surface area contributed by atoms with Gasteiger partial charge in [0.2, 0.25) is 5.91 Å². The number of fused-ring (bicyclic) bond motifs is 2. The zero-order valence-electron chi connectivity index (χ0n) is 13.9. The number of hydrogen-bond acceptors (Lipinski definition) is 4. The lowest BCUT2D eigenvalue weighted by Crippen LogP contribution is -2.40. The van der Waals surface area contributed by atoms with Crippen LogP contribution in [0.3, 0.4) is 0 Å². The summed E-state index contributed by atoms with van der Waals surface area (Å²) in [6.45, 7) is 3.66. The molecule has 0 aliphatic carbocycles. The summed E-state index contributed by atoms with van der Waals surface area (Å²) in [5.74, 6) is 1.99. The Bertz CT molecular complexity index is 739. The number of aryl methyl sites for hydroxylation is 1. The van der Waals surface area contributed by atoms with Crippen LogP contribution in [0.1, 0.15) is 35.6 Å². The molecule has 1 N–H and O–H groups in total. The molecule has 4 rings (SSSR count). The molecule has 126 valence electrons. The molecular formula is C18H23N5O. The summed E-state index contributed by atoms with van der Waals surface area (Å²) in [6, 6.07) is 8.49. The number of rotatable bonds is 4. The summed E-state index contributed by atoms with van der Waals surface area (Å²) in [4.78, 5) is 14.5. The van der Waals surface area contributed by atoms with Gasteiger partial charge in [0.25, 0.3) is 0 Å². The fraction of sp³-hybridized carbons (Fsp3) is 0.500. The Morgan fingerprint density at radius 2 is 1.96 bits per heavy atom. The van der Waals surface area contributed by atoms with Crippen LogP contribution in [0.25, 0.3) is 0 Å². The number of carbonyl (C=O) groups excluding carboxylic acids is 1. The van der Waals surface area contributed by atoms with E-state index < -0.39 is 0 Å². The van der Waals surface area contributed by atoms with E-state index in [1.54, 1.807) is 0 Å². The molecule has 3 heterocycles. The molecule has 6 heteroatoms. The van der Waals surface area contributed by atoms with Gasteiger partial charge in [-0.1, -0.05) is 24.3 Å². The van der Waals surface area contributed by atoms with Crippen LogP contribution in [0.5, 0.6) is 0 Å². The predicted molar refractivity (Wildman–Crippen MR) is 90.2 cm³/mol. The van der Waals surface area contributed by atoms with Gasteiger partial charge in [-0.25, -0.2) is 0 Å². The second-order valence-corrected chi connectivity index (χ2v) is 6.65. The quantitative estimate of drug-likeness (QED) is 0.920. The molecule has 6 nitrogen and oxygen atoms in total. The first kappa shape index (κ1) is 15.3. The lowest BCUT2D eigenvalue weighted by molar-refractivity contribution is -0.122. The summed E-state index contributed by atoms with van der Waals surface area (Å²) >= 11 is 0. The Hall–Kier alpha value is -2.21. The molecule has 0 saturated carbocycles. The van der Waals surface area contributed by atoms with Gasteiger partial charge in [-0.3, -0.25) is 9.69 Å². The third-order valence-corrected chi connectivity index (χ3v) is 4.96. The molecule has 1 aromatic carbocycles. The highest BCUT2D eigenvalue weighted by Gasteiger charge is 2.19. The highest BCUT2D eigenvalue weighted by Crippen LogP contribution is 2.18. The molecule has 1 aromatic heterocycles. The second-order valence-electron chi connectivity index (χ2n) is 6.65. The van der Waals surface area contributed by atoms with Crippen LogP contribution in [-0.4, -0.2) is 38.7 Å². The van der Waals surface area contributed by atoms with Crippen LogP contribution < -0.4 is 5.32 Å². The first-order chi connectivity index (χ1) is 11.8. The fourth-order valence-corrected chi connectivity index (χ4v) is 3.63. The van der Waals surface area contributed by atoms with Gasteiger partial charge < -0.3 is 9.88 Å². The molecule has 0 atom stereocenters. The number of aromatic nitrogens is 3. The molecule has 0 spiro atoms. The molecule has 0 radical (unpaired) electrons. The van der Waals surface area contributed by atoms with E-state index in [0.29, 0.717) is 13.1 Å². The monoisotopic (exact) mass is 325 g/mol. The van der Waals surface area contributed by atoms with Crippen molar-refractivity contribution >= 4 is 5.91 Å². The standard InChI is InChI=1S/C18H23N5O/c24-18(13-22-10-8-14-5-1-2-6-15(14)12-22)19-11-17-21-20-16-7-3-4-9-23(16)17/h1-2,5-6H,3-4,7-13H2,(H,19,24). The van der Waals surface area contributed by atoms with Crippen molar-refractivity contribution in [2.24, 2.45) is 0 Å². The van der Waals surface area contributed by atoms with Crippen LogP contribution in [0.15, 0.2) is 24.3 Å². The van der Waals surface area contributed by atoms with Gasteiger partial charge in [-0.05, 0) is 30.4 Å². The number of nitrogens with one attached hydrogen (secondary N) is 1. The molecule has 0 fully saturated rings. The van der Waals surface area contributed by atoms with Crippen molar-refractivity contribution in [2.75, 3.05) is 13.1 Å². The minimum Gasteiger partial charge on any atom is -0.348 e. The molecule has 0 bridgehead atoms. The van der Waals surface area contributed by atoms with Crippen LogP contribution in [-0.2, 0) is 37.3 Å². The Kier molecular flexibility index (Phi) is 4.30. The van der Waals surface area contributed by atoms with Crippen molar-refractivity contribution in [3.63, 3.8) is 0 Å². The van der Waals surface area contributed by atoms with Gasteiger partial charge in [-0.2, -0.15) is 0 Å². The fourth-order valence-electron chi connectivity index (χ4n) is 3.63. The van der Waals surface area contributed by atoms with Crippen LogP contribution in [0.2, 0.25) is 0 Å². The van der Waals surface area contributed by atoms with E-state index in [1.165, 1.54) is 24.0 Å². The summed E-state index contributed by atoms with van der Waals surface area (Å²) < 4.78 is 2.15. The maximum atomic E-state index is 12.3. The minimum atomic E-state index is 0.0579. The maximum Gasteiger partial charge on any atom is 0.234 e. The normalized spacial score (nSPS) is 17.2. The van der Waals surface area contributed by atoms with Gasteiger partial charge in [0.05, 0.1) is 13.1 Å². The molecule has 24 heavy (non-hydrogen) atoms. The predicted octanol–water partition coefficient (Wildman–Crippen LogP) is 1.29. The largest absolute Gasteiger partial charge is 0.348 e. The lowest BCUT2D eigenvalue weighted by Gasteiger charge is -2.28. The van der Waals surface area contributed by atoms with Crippen molar-refractivity contribution in [3.8, 4) is 0 Å². The van der Waals surface area contributed by atoms with Crippen molar-refractivity contribution in [3.05, 3.63) is 47.0 Å². The molecule has 1 amide bonds. The van der Waals surface area contributed by atoms with E-state index in [-0.39, 0.29) is 5.91 Å². The Morgan fingerprint density at radius 1 is 1.08 bits per heavy atom. The molecule has 2 aliphatic rings. The number of nitrogens with zero attached hydrogens (tertiary/aromatic N) is 4. The van der Waals surface area contributed by atoms with Crippen molar-refractivity contribution in [2.45, 2.75) is 45.3 Å². The van der Waals surface area contributed by atoms with E-state index in [4.69, 9.17) is 0 Å². The summed E-state index contributed by atoms with van der Waals surface area (Å²) in [5, 5.41) is 11.5. The van der Waals surface area contributed by atoms with Gasteiger partial charge in [0, 0.05) is 26.1 Å². The summed E-state index contributed by atoms with van der Waals surface area (Å²) in [5.41, 5.74) is 2.74. The van der Waals surface area contributed by atoms with E-state index in [9.17, 15) is 4.79 Å². The summed E-state index contributed by atoms with van der Waals surface area (Å²) in [7, 11) is 0. The van der Waals surface area contributed by atoms with Crippen molar-refractivity contribution in [1.82, 2.24) is 25.0 Å². The average molecular weight is 325 g/mol. The first-order valence-corrected chi connectivity index (χ1v) is 8.76. The lowest BCUT2D eigenvalue weighted by atomic mass is 10.00. The van der Waals surface area contributed by atoms with Crippen LogP contribution >= 0.6 is 0 Å². The van der Waals surface area contributed by atoms with E-state index in [0.717, 1.165) is 44.1 Å². The highest BCUT2D eigenvalue weighted by atomic mass is 16.2. The number of carbonyl (C=O) groups is 1. The SMILES string of the molecule is O=C(CN1CCc2ccccc2C1)NCc1nnc2n1CCCC2. The van der Waals surface area contributed by atoms with Crippen molar-refractivity contribution < 1.29 is 4.79 Å². The Labute approximate surface area is 141 Å². The smallest absolute Gasteiger partial charge is 0.234 e. The maximum absolute atomic E-state index is 12.3. The van der Waals surface area contributed by atoms with Gasteiger partial charge in [0.15, 0.2) is 5.82 Å². The van der Waals surface area contributed by atoms with Gasteiger partial charge in [-0.15, -0.1) is 10.2 Å². The number of hydrogen-bond donors (Lipinski definition) is 1. The van der Waals surface area contributed by atoms with Gasteiger partial charge >= 0.3 is 0 Å². The summed E-state index contributed by atoms with van der Waals surface area (Å²) in [6.07, 6.45) is 4.36. The Morgan fingerprint density at radius 3 is 2.88 bits per heavy atom. The molecule has 0 unspecified atom stereocenters. The second kappa shape index (κ2) is 6.73. The molecule has 2 aromatic rings. The number of benzene rings is 1. The molecular weight excluding hydrogens is 302 g/mol. The zero-order chi connectivity index (χ0) is 16.4. The first-order valence-electron chi connectivity index (χ1n) is 8.76. The van der Waals surface area contributed by atoms with Crippen molar-refractivity contribution in [1.29, 1.82) is 0 Å². The van der Waals surface area contributed by atoms with E-state index >= 15 is 0 Å². The van der Waals surface area contributed by atoms with Crippen LogP contribution in [0.4, 0.5) is 0 Å². The molecule has 0 saturated heterocycles. The topological polar surface area (TPSA) is 63.1 Å². The van der Waals surface area contributed by atoms with E-state index in [1.807, 2.05) is 0 Å². The minimum absolute atomic E-state index is 0.0579.